The van der Waals surface area contributed by atoms with E-state index in [0.29, 0.717) is 5.02 Å². The minimum atomic E-state index is -0.119. The molecule has 128 valence electrons. The first-order valence-corrected chi connectivity index (χ1v) is 9.18. The van der Waals surface area contributed by atoms with E-state index in [4.69, 9.17) is 23.2 Å². The van der Waals surface area contributed by atoms with Crippen LogP contribution in [-0.4, -0.2) is 11.8 Å². The zero-order valence-electron chi connectivity index (χ0n) is 14.4. The van der Waals surface area contributed by atoms with Crippen molar-refractivity contribution in [2.45, 2.75) is 39.7 Å². The largest absolute Gasteiger partial charge is 0.304 e. The Bertz CT molecular complexity index is 675. The number of hydrogen-bond donors (Lipinski definition) is 0. The summed E-state index contributed by atoms with van der Waals surface area (Å²) in [5.41, 5.74) is 4.35. The number of hydrogen-bond acceptors (Lipinski definition) is 1. The molecule has 0 N–H and O–H groups in total. The summed E-state index contributed by atoms with van der Waals surface area (Å²) in [4.78, 5) is 14.5. The van der Waals surface area contributed by atoms with Crippen LogP contribution >= 0.6 is 23.2 Å². The van der Waals surface area contributed by atoms with Gasteiger partial charge in [-0.2, -0.15) is 0 Å². The Labute approximate surface area is 154 Å². The van der Waals surface area contributed by atoms with Crippen LogP contribution in [0.15, 0.2) is 42.5 Å². The number of halogens is 2. The van der Waals surface area contributed by atoms with Gasteiger partial charge in [-0.1, -0.05) is 55.8 Å². The molecule has 2 aromatic carbocycles. The van der Waals surface area contributed by atoms with Crippen molar-refractivity contribution in [2.24, 2.45) is 0 Å². The van der Waals surface area contributed by atoms with Gasteiger partial charge in [0.25, 0.3) is 0 Å². The van der Waals surface area contributed by atoms with Gasteiger partial charge >= 0.3 is 0 Å². The van der Waals surface area contributed by atoms with E-state index in [9.17, 15) is 4.79 Å². The number of alkyl halides is 1. The molecule has 0 aliphatic carbocycles. The van der Waals surface area contributed by atoms with E-state index in [1.54, 1.807) is 0 Å². The fraction of sp³-hybridized carbons (Fsp3) is 0.350. The highest BCUT2D eigenvalue weighted by Gasteiger charge is 2.26. The van der Waals surface area contributed by atoms with E-state index in [1.165, 1.54) is 0 Å². The number of nitrogens with zero attached hydrogens (tertiary/aromatic N) is 1. The molecule has 0 bridgehead atoms. The highest BCUT2D eigenvalue weighted by Crippen LogP contribution is 2.34. The lowest BCUT2D eigenvalue weighted by Crippen LogP contribution is -2.36. The Morgan fingerprint density at radius 3 is 2.04 bits per heavy atom. The van der Waals surface area contributed by atoms with Crippen molar-refractivity contribution in [3.05, 3.63) is 64.2 Å². The summed E-state index contributed by atoms with van der Waals surface area (Å²) < 4.78 is 0. The van der Waals surface area contributed by atoms with Gasteiger partial charge in [0.2, 0.25) is 5.91 Å². The average molecular weight is 364 g/mol. The highest BCUT2D eigenvalue weighted by atomic mass is 35.5. The topological polar surface area (TPSA) is 20.3 Å². The van der Waals surface area contributed by atoms with Crippen LogP contribution in [0.4, 0.5) is 5.69 Å². The van der Waals surface area contributed by atoms with E-state index in [2.05, 4.69) is 32.0 Å². The molecule has 2 aromatic rings. The third kappa shape index (κ3) is 3.93. The average Bonchev–Trinajstić information content (AvgIpc) is 2.62. The molecule has 0 aromatic heterocycles. The highest BCUT2D eigenvalue weighted by molar-refractivity contribution is 6.30. The molecule has 4 heteroatoms. The van der Waals surface area contributed by atoms with Gasteiger partial charge in [-0.3, -0.25) is 4.79 Å². The van der Waals surface area contributed by atoms with E-state index in [0.717, 1.165) is 35.2 Å². The Balaban J connectivity index is 2.58. The first kappa shape index (κ1) is 18.8. The monoisotopic (exact) mass is 363 g/mol. The molecule has 0 saturated carbocycles. The second-order valence-electron chi connectivity index (χ2n) is 5.76. The van der Waals surface area contributed by atoms with Gasteiger partial charge in [-0.25, -0.2) is 0 Å². The van der Waals surface area contributed by atoms with E-state index >= 15 is 0 Å². The van der Waals surface area contributed by atoms with Crippen molar-refractivity contribution in [3.8, 4) is 0 Å². The van der Waals surface area contributed by atoms with Crippen molar-refractivity contribution in [2.75, 3.05) is 10.8 Å². The molecule has 0 fully saturated rings. The summed E-state index contributed by atoms with van der Waals surface area (Å²) in [7, 11) is 0. The predicted octanol–water partition coefficient (Wildman–Crippen LogP) is 5.80. The van der Waals surface area contributed by atoms with Crippen LogP contribution in [-0.2, 0) is 17.6 Å². The van der Waals surface area contributed by atoms with Crippen LogP contribution in [0.5, 0.6) is 0 Å². The molecule has 1 unspecified atom stereocenters. The van der Waals surface area contributed by atoms with Crippen molar-refractivity contribution in [1.29, 1.82) is 0 Å². The fourth-order valence-electron chi connectivity index (χ4n) is 3.01. The lowest BCUT2D eigenvalue weighted by molar-refractivity contribution is -0.116. The molecular weight excluding hydrogens is 341 g/mol. The summed E-state index contributed by atoms with van der Waals surface area (Å²) in [6.45, 7) is 6.24. The van der Waals surface area contributed by atoms with Crippen LogP contribution in [0.1, 0.15) is 43.5 Å². The summed E-state index contributed by atoms with van der Waals surface area (Å²) >= 11 is 11.9. The molecule has 0 heterocycles. The Kier molecular flexibility index (Phi) is 6.70. The van der Waals surface area contributed by atoms with Crippen LogP contribution in [0.3, 0.4) is 0 Å². The fourth-order valence-corrected chi connectivity index (χ4v) is 3.27. The third-order valence-electron chi connectivity index (χ3n) is 4.33. The number of carbonyl (C=O) groups is 1. The summed E-state index contributed by atoms with van der Waals surface area (Å²) in [6, 6.07) is 13.7. The maximum atomic E-state index is 12.7. The van der Waals surface area contributed by atoms with Gasteiger partial charge < -0.3 is 4.90 Å². The lowest BCUT2D eigenvalue weighted by Gasteiger charge is -2.33. The van der Waals surface area contributed by atoms with E-state index < -0.39 is 0 Å². The minimum absolute atomic E-state index is 0.0425. The summed E-state index contributed by atoms with van der Waals surface area (Å²) in [5, 5.41) is 0.685. The minimum Gasteiger partial charge on any atom is -0.304 e. The molecular formula is C20H23Cl2NO. The van der Waals surface area contributed by atoms with Crippen molar-refractivity contribution in [3.63, 3.8) is 0 Å². The number of benzene rings is 2. The van der Waals surface area contributed by atoms with Crippen LogP contribution in [0.2, 0.25) is 5.02 Å². The molecule has 0 radical (unpaired) electrons. The van der Waals surface area contributed by atoms with Crippen LogP contribution in [0, 0.1) is 0 Å². The van der Waals surface area contributed by atoms with Crippen LogP contribution in [0.25, 0.3) is 0 Å². The van der Waals surface area contributed by atoms with Gasteiger partial charge in [0.1, 0.15) is 5.88 Å². The maximum absolute atomic E-state index is 12.7. The zero-order chi connectivity index (χ0) is 17.7. The smallest absolute Gasteiger partial charge is 0.242 e. The normalized spacial score (nSPS) is 12.0. The number of aryl methyl sites for hydroxylation is 2. The van der Waals surface area contributed by atoms with Crippen molar-refractivity contribution < 1.29 is 4.79 Å². The molecule has 0 aliphatic rings. The SMILES string of the molecule is CCc1cccc(CC)c1N(C(=O)CCl)C(C)c1ccc(Cl)cc1. The Morgan fingerprint density at radius 1 is 1.04 bits per heavy atom. The van der Waals surface area contributed by atoms with Crippen LogP contribution < -0.4 is 4.90 Å². The maximum Gasteiger partial charge on any atom is 0.242 e. The van der Waals surface area contributed by atoms with Gasteiger partial charge in [-0.15, -0.1) is 11.6 Å². The first-order chi connectivity index (χ1) is 11.5. The number of rotatable bonds is 6. The second kappa shape index (κ2) is 8.55. The predicted molar refractivity (Wildman–Crippen MR) is 103 cm³/mol. The third-order valence-corrected chi connectivity index (χ3v) is 4.81. The van der Waals surface area contributed by atoms with E-state index in [1.807, 2.05) is 36.1 Å². The Morgan fingerprint density at radius 2 is 1.58 bits per heavy atom. The molecule has 2 rings (SSSR count). The van der Waals surface area contributed by atoms with Crippen molar-refractivity contribution >= 4 is 34.8 Å². The molecule has 1 atom stereocenters. The summed E-state index contributed by atoms with van der Waals surface area (Å²) in [6.07, 6.45) is 1.73. The number of para-hydroxylation sites is 1. The Hall–Kier alpha value is -1.51. The second-order valence-corrected chi connectivity index (χ2v) is 6.46. The van der Waals surface area contributed by atoms with Gasteiger partial charge in [-0.05, 0) is 48.6 Å². The first-order valence-electron chi connectivity index (χ1n) is 8.27. The molecule has 0 spiro atoms. The van der Waals surface area contributed by atoms with E-state index in [-0.39, 0.29) is 17.8 Å². The number of anilines is 1. The quantitative estimate of drug-likeness (QED) is 0.594. The molecule has 1 amide bonds. The molecule has 0 saturated heterocycles. The standard InChI is InChI=1S/C20H23Cl2NO/c1-4-15-7-6-8-16(5-2)20(15)23(19(24)13-21)14(3)17-9-11-18(22)12-10-17/h6-12,14H,4-5,13H2,1-3H3. The van der Waals surface area contributed by atoms with Crippen molar-refractivity contribution in [1.82, 2.24) is 0 Å². The number of amides is 1. The lowest BCUT2D eigenvalue weighted by atomic mass is 9.98. The van der Waals surface area contributed by atoms with Gasteiger partial charge in [0.05, 0.1) is 11.7 Å². The van der Waals surface area contributed by atoms with Gasteiger partial charge in [0, 0.05) is 5.02 Å². The molecule has 24 heavy (non-hydrogen) atoms. The molecule has 2 nitrogen and oxygen atoms in total. The molecule has 0 aliphatic heterocycles. The van der Waals surface area contributed by atoms with Gasteiger partial charge in [0.15, 0.2) is 0 Å². The number of carbonyl (C=O) groups excluding carboxylic acids is 1. The summed E-state index contributed by atoms with van der Waals surface area (Å²) in [5.74, 6) is -0.131. The zero-order valence-corrected chi connectivity index (χ0v) is 15.9.